The third kappa shape index (κ3) is 7.43. The number of benzene rings is 2. The molecule has 0 heterocycles. The van der Waals surface area contributed by atoms with Crippen molar-refractivity contribution >= 4 is 34.3 Å². The second kappa shape index (κ2) is 14.9. The van der Waals surface area contributed by atoms with E-state index in [1.54, 1.807) is 37.7 Å². The first-order valence-corrected chi connectivity index (χ1v) is 13.0. The van der Waals surface area contributed by atoms with Gasteiger partial charge in [0, 0.05) is 58.5 Å². The second-order valence-electron chi connectivity index (χ2n) is 6.58. The van der Waals surface area contributed by atoms with Crippen molar-refractivity contribution in [3.05, 3.63) is 24.3 Å². The topological polar surface area (TPSA) is 55.4 Å². The number of hydrogen-bond acceptors (Lipinski definition) is 8. The zero-order valence-electron chi connectivity index (χ0n) is 20.0. The summed E-state index contributed by atoms with van der Waals surface area (Å²) >= 11 is 3.38. The quantitative estimate of drug-likeness (QED) is 0.218. The van der Waals surface area contributed by atoms with Crippen LogP contribution in [0.3, 0.4) is 0 Å². The van der Waals surface area contributed by atoms with E-state index in [1.165, 1.54) is 0 Å². The molecular formula is C24H36O6S2. The summed E-state index contributed by atoms with van der Waals surface area (Å²) in [4.78, 5) is 2.19. The molecule has 0 radical (unpaired) electrons. The van der Waals surface area contributed by atoms with Gasteiger partial charge in [0.25, 0.3) is 0 Å². The summed E-state index contributed by atoms with van der Waals surface area (Å²) in [6.07, 6.45) is -0.511. The molecular weight excluding hydrogens is 448 g/mol. The highest BCUT2D eigenvalue weighted by Gasteiger charge is 2.19. The fourth-order valence-corrected chi connectivity index (χ4v) is 5.34. The molecule has 0 aliphatic heterocycles. The molecule has 0 fully saturated rings. The lowest BCUT2D eigenvalue weighted by Crippen LogP contribution is -2.20. The van der Waals surface area contributed by atoms with Crippen molar-refractivity contribution in [2.75, 3.05) is 52.2 Å². The molecule has 0 spiro atoms. The van der Waals surface area contributed by atoms with Gasteiger partial charge in [-0.15, -0.1) is 23.5 Å². The van der Waals surface area contributed by atoms with Gasteiger partial charge in [0.1, 0.15) is 11.5 Å². The van der Waals surface area contributed by atoms with E-state index in [4.69, 9.17) is 28.4 Å². The average Bonchev–Trinajstić information content (AvgIpc) is 2.81. The molecule has 0 saturated carbocycles. The van der Waals surface area contributed by atoms with E-state index in [1.807, 2.05) is 39.8 Å². The highest BCUT2D eigenvalue weighted by molar-refractivity contribution is 8.00. The van der Waals surface area contributed by atoms with Gasteiger partial charge >= 0.3 is 0 Å². The van der Waals surface area contributed by atoms with Crippen molar-refractivity contribution in [1.82, 2.24) is 0 Å². The summed E-state index contributed by atoms with van der Waals surface area (Å²) < 4.78 is 34.4. The Labute approximate surface area is 200 Å². The average molecular weight is 485 g/mol. The molecule has 0 bridgehead atoms. The molecule has 2 aromatic carbocycles. The minimum absolute atomic E-state index is 0.256. The third-order valence-corrected chi connectivity index (χ3v) is 6.79. The normalized spacial score (nSPS) is 11.6. The number of thioether (sulfide) groups is 2. The Morgan fingerprint density at radius 1 is 0.594 bits per heavy atom. The van der Waals surface area contributed by atoms with Crippen molar-refractivity contribution in [3.8, 4) is 11.5 Å². The molecule has 32 heavy (non-hydrogen) atoms. The molecule has 0 aliphatic carbocycles. The van der Waals surface area contributed by atoms with Gasteiger partial charge in [-0.2, -0.15) is 0 Å². The van der Waals surface area contributed by atoms with Crippen LogP contribution in [0.4, 0.5) is 0 Å². The maximum absolute atomic E-state index is 5.74. The van der Waals surface area contributed by atoms with E-state index in [0.717, 1.165) is 32.1 Å². The number of methoxy groups -OCH3 is 2. The molecule has 0 aromatic heterocycles. The maximum Gasteiger partial charge on any atom is 0.166 e. The van der Waals surface area contributed by atoms with E-state index in [9.17, 15) is 0 Å². The van der Waals surface area contributed by atoms with Gasteiger partial charge in [-0.3, -0.25) is 0 Å². The standard InChI is InChI=1S/C24H36O6S2/c1-7-27-21(28-8-2)15-31-19-13-11-18(26-6)24-20(14-12-17(25-5)23(19)24)32-16-22(29-9-3)30-10-4/h11-14,21-22H,7-10,15-16H2,1-6H3. The van der Waals surface area contributed by atoms with Crippen molar-refractivity contribution in [2.24, 2.45) is 0 Å². The predicted molar refractivity (Wildman–Crippen MR) is 133 cm³/mol. The Kier molecular flexibility index (Phi) is 12.6. The number of ether oxygens (including phenoxy) is 6. The lowest BCUT2D eigenvalue weighted by molar-refractivity contribution is -0.120. The van der Waals surface area contributed by atoms with Crippen molar-refractivity contribution in [1.29, 1.82) is 0 Å². The molecule has 6 nitrogen and oxygen atoms in total. The van der Waals surface area contributed by atoms with E-state index in [2.05, 4.69) is 12.1 Å². The van der Waals surface area contributed by atoms with Gasteiger partial charge in [0.2, 0.25) is 0 Å². The smallest absolute Gasteiger partial charge is 0.166 e. The summed E-state index contributed by atoms with van der Waals surface area (Å²) in [6.45, 7) is 10.3. The van der Waals surface area contributed by atoms with Crippen LogP contribution >= 0.6 is 23.5 Å². The van der Waals surface area contributed by atoms with Gasteiger partial charge in [0.05, 0.1) is 14.2 Å². The van der Waals surface area contributed by atoms with Gasteiger partial charge in [-0.25, -0.2) is 0 Å². The summed E-state index contributed by atoms with van der Waals surface area (Å²) in [7, 11) is 3.39. The zero-order valence-corrected chi connectivity index (χ0v) is 21.6. The third-order valence-electron chi connectivity index (χ3n) is 4.61. The highest BCUT2D eigenvalue weighted by Crippen LogP contribution is 2.44. The number of hydrogen-bond donors (Lipinski definition) is 0. The molecule has 8 heteroatoms. The summed E-state index contributed by atoms with van der Waals surface area (Å²) in [6, 6.07) is 8.15. The molecule has 0 aliphatic rings. The predicted octanol–water partition coefficient (Wildman–Crippen LogP) is 5.84. The van der Waals surface area contributed by atoms with Crippen LogP contribution in [0, 0.1) is 0 Å². The van der Waals surface area contributed by atoms with Crippen LogP contribution < -0.4 is 9.47 Å². The van der Waals surface area contributed by atoms with E-state index in [0.29, 0.717) is 37.9 Å². The second-order valence-corrected chi connectivity index (χ2v) is 8.71. The molecule has 2 aromatic rings. The first-order chi connectivity index (χ1) is 15.6. The number of fused-ring (bicyclic) bond motifs is 1. The number of rotatable bonds is 16. The van der Waals surface area contributed by atoms with Crippen LogP contribution in [0.15, 0.2) is 34.1 Å². The molecule has 0 unspecified atom stereocenters. The molecule has 0 saturated heterocycles. The van der Waals surface area contributed by atoms with E-state index >= 15 is 0 Å². The van der Waals surface area contributed by atoms with Gasteiger partial charge in [0.15, 0.2) is 12.6 Å². The fraction of sp³-hybridized carbons (Fsp3) is 0.583. The minimum atomic E-state index is -0.256. The van der Waals surface area contributed by atoms with Crippen LogP contribution in [-0.2, 0) is 18.9 Å². The van der Waals surface area contributed by atoms with Crippen LogP contribution in [0.5, 0.6) is 11.5 Å². The van der Waals surface area contributed by atoms with Crippen molar-refractivity contribution in [3.63, 3.8) is 0 Å². The maximum atomic E-state index is 5.74. The Hall–Kier alpha value is -1.16. The Bertz CT molecular complexity index is 737. The van der Waals surface area contributed by atoms with E-state index in [-0.39, 0.29) is 12.6 Å². The molecule has 0 atom stereocenters. The lowest BCUT2D eigenvalue weighted by Gasteiger charge is -2.20. The molecule has 180 valence electrons. The first kappa shape index (κ1) is 27.1. The van der Waals surface area contributed by atoms with Crippen LogP contribution in [-0.4, -0.2) is 64.7 Å². The van der Waals surface area contributed by atoms with Gasteiger partial charge < -0.3 is 28.4 Å². The van der Waals surface area contributed by atoms with Gasteiger partial charge in [-0.05, 0) is 52.0 Å². The summed E-state index contributed by atoms with van der Waals surface area (Å²) in [5, 5.41) is 2.05. The van der Waals surface area contributed by atoms with Crippen LogP contribution in [0.25, 0.3) is 10.8 Å². The van der Waals surface area contributed by atoms with E-state index < -0.39 is 0 Å². The summed E-state index contributed by atoms with van der Waals surface area (Å²) in [5.41, 5.74) is 0. The molecule has 0 amide bonds. The Morgan fingerprint density at radius 2 is 0.938 bits per heavy atom. The summed E-state index contributed by atoms with van der Waals surface area (Å²) in [5.74, 6) is 2.98. The van der Waals surface area contributed by atoms with Crippen LogP contribution in [0.2, 0.25) is 0 Å². The Morgan fingerprint density at radius 3 is 1.22 bits per heavy atom. The van der Waals surface area contributed by atoms with Crippen molar-refractivity contribution in [2.45, 2.75) is 50.1 Å². The Balaban J connectivity index is 2.41. The lowest BCUT2D eigenvalue weighted by atomic mass is 10.1. The largest absolute Gasteiger partial charge is 0.496 e. The van der Waals surface area contributed by atoms with Crippen molar-refractivity contribution < 1.29 is 28.4 Å². The fourth-order valence-electron chi connectivity index (χ4n) is 3.30. The SMILES string of the molecule is CCOC(CSc1ccc(OC)c2c(SCC(OCC)OCC)ccc(OC)c12)OCC. The monoisotopic (exact) mass is 484 g/mol. The minimum Gasteiger partial charge on any atom is -0.496 e. The molecule has 0 N–H and O–H groups in total. The highest BCUT2D eigenvalue weighted by atomic mass is 32.2. The first-order valence-electron chi connectivity index (χ1n) is 11.0. The van der Waals surface area contributed by atoms with Crippen LogP contribution in [0.1, 0.15) is 27.7 Å². The van der Waals surface area contributed by atoms with Gasteiger partial charge in [-0.1, -0.05) is 0 Å². The zero-order chi connectivity index (χ0) is 23.3. The molecule has 2 rings (SSSR count).